The maximum Gasteiger partial charge on any atom is 0.338 e. The van der Waals surface area contributed by atoms with E-state index in [1.807, 2.05) is 35.2 Å². The summed E-state index contributed by atoms with van der Waals surface area (Å²) in [6.07, 6.45) is 0.792. The summed E-state index contributed by atoms with van der Waals surface area (Å²) in [4.78, 5) is 39.0. The molecule has 1 saturated heterocycles. The van der Waals surface area contributed by atoms with Crippen molar-refractivity contribution < 1.29 is 19.1 Å². The molecule has 1 N–H and O–H groups in total. The van der Waals surface area contributed by atoms with Crippen molar-refractivity contribution in [3.63, 3.8) is 0 Å². The standard InChI is InChI=1S/C27H25ClN2O4S/c1-2-34-27(33)21-12-13-23(22(28)16-21)29-25(32)19-8-10-20(11-9-19)26-30(24(31)17-35-26)15-14-18-6-4-3-5-7-18/h3-13,16,26H,2,14-15,17H2,1H3,(H,29,32). The highest BCUT2D eigenvalue weighted by Gasteiger charge is 2.32. The molecule has 35 heavy (non-hydrogen) atoms. The van der Waals surface area contributed by atoms with Gasteiger partial charge in [-0.3, -0.25) is 9.59 Å². The number of nitrogens with zero attached hydrogens (tertiary/aromatic N) is 1. The fourth-order valence-electron chi connectivity index (χ4n) is 3.82. The monoisotopic (exact) mass is 508 g/mol. The quantitative estimate of drug-likeness (QED) is 0.402. The van der Waals surface area contributed by atoms with Gasteiger partial charge in [-0.05, 0) is 54.8 Å². The molecule has 4 rings (SSSR count). The van der Waals surface area contributed by atoms with Gasteiger partial charge in [0.1, 0.15) is 5.37 Å². The molecule has 1 heterocycles. The minimum Gasteiger partial charge on any atom is -0.462 e. The number of hydrogen-bond donors (Lipinski definition) is 1. The van der Waals surface area contributed by atoms with E-state index in [2.05, 4.69) is 17.4 Å². The summed E-state index contributed by atoms with van der Waals surface area (Å²) < 4.78 is 4.97. The van der Waals surface area contributed by atoms with Crippen LogP contribution in [0.1, 0.15) is 44.1 Å². The van der Waals surface area contributed by atoms with Gasteiger partial charge in [-0.25, -0.2) is 4.79 Å². The van der Waals surface area contributed by atoms with Crippen LogP contribution in [0, 0.1) is 0 Å². The summed E-state index contributed by atoms with van der Waals surface area (Å²) in [5, 5.41) is 2.95. The van der Waals surface area contributed by atoms with Crippen LogP contribution >= 0.6 is 23.4 Å². The van der Waals surface area contributed by atoms with Crippen molar-refractivity contribution in [2.75, 3.05) is 24.2 Å². The molecule has 0 spiro atoms. The first-order valence-corrected chi connectivity index (χ1v) is 12.7. The van der Waals surface area contributed by atoms with Crippen molar-refractivity contribution in [1.29, 1.82) is 0 Å². The van der Waals surface area contributed by atoms with E-state index in [-0.39, 0.29) is 28.8 Å². The van der Waals surface area contributed by atoms with E-state index in [4.69, 9.17) is 16.3 Å². The molecule has 6 nitrogen and oxygen atoms in total. The van der Waals surface area contributed by atoms with Crippen LogP contribution in [0.4, 0.5) is 5.69 Å². The lowest BCUT2D eigenvalue weighted by Crippen LogP contribution is -2.30. The Kier molecular flexibility index (Phi) is 8.10. The summed E-state index contributed by atoms with van der Waals surface area (Å²) in [6.45, 7) is 2.64. The summed E-state index contributed by atoms with van der Waals surface area (Å²) in [5.41, 5.74) is 3.35. The topological polar surface area (TPSA) is 75.7 Å². The summed E-state index contributed by atoms with van der Waals surface area (Å²) in [6, 6.07) is 21.9. The molecule has 1 aliphatic rings. The number of halogens is 1. The van der Waals surface area contributed by atoms with Crippen molar-refractivity contribution in [3.05, 3.63) is 100 Å². The van der Waals surface area contributed by atoms with Gasteiger partial charge in [0.05, 0.1) is 28.6 Å². The van der Waals surface area contributed by atoms with Crippen LogP contribution in [0.5, 0.6) is 0 Å². The van der Waals surface area contributed by atoms with Gasteiger partial charge in [-0.1, -0.05) is 54.1 Å². The van der Waals surface area contributed by atoms with E-state index in [1.165, 1.54) is 11.6 Å². The lowest BCUT2D eigenvalue weighted by molar-refractivity contribution is -0.128. The third kappa shape index (κ3) is 6.05. The molecule has 1 unspecified atom stereocenters. The predicted octanol–water partition coefficient (Wildman–Crippen LogP) is 5.59. The number of benzene rings is 3. The first-order chi connectivity index (χ1) is 17.0. The molecular formula is C27H25ClN2O4S. The maximum absolute atomic E-state index is 12.8. The molecular weight excluding hydrogens is 484 g/mol. The van der Waals surface area contributed by atoms with Crippen molar-refractivity contribution in [2.45, 2.75) is 18.7 Å². The average Bonchev–Trinajstić information content (AvgIpc) is 3.24. The number of amides is 2. The minimum absolute atomic E-state index is 0.0758. The molecule has 3 aromatic carbocycles. The Bertz CT molecular complexity index is 1220. The average molecular weight is 509 g/mol. The lowest BCUT2D eigenvalue weighted by atomic mass is 10.1. The van der Waals surface area contributed by atoms with Crippen molar-refractivity contribution in [1.82, 2.24) is 4.90 Å². The lowest BCUT2D eigenvalue weighted by Gasteiger charge is -2.24. The van der Waals surface area contributed by atoms with E-state index in [9.17, 15) is 14.4 Å². The smallest absolute Gasteiger partial charge is 0.338 e. The molecule has 0 saturated carbocycles. The van der Waals surface area contributed by atoms with E-state index >= 15 is 0 Å². The van der Waals surface area contributed by atoms with E-state index in [1.54, 1.807) is 43.0 Å². The van der Waals surface area contributed by atoms with Gasteiger partial charge in [0, 0.05) is 12.1 Å². The second-order valence-electron chi connectivity index (χ2n) is 7.98. The molecule has 0 aromatic heterocycles. The number of carbonyl (C=O) groups excluding carboxylic acids is 3. The maximum atomic E-state index is 12.8. The molecule has 0 bridgehead atoms. The van der Waals surface area contributed by atoms with Crippen LogP contribution in [0.25, 0.3) is 0 Å². The normalized spacial score (nSPS) is 15.2. The summed E-state index contributed by atoms with van der Waals surface area (Å²) >= 11 is 7.85. The summed E-state index contributed by atoms with van der Waals surface area (Å²) in [5.74, 6) is -0.219. The van der Waals surface area contributed by atoms with Gasteiger partial charge >= 0.3 is 5.97 Å². The van der Waals surface area contributed by atoms with Crippen LogP contribution in [0.2, 0.25) is 5.02 Å². The van der Waals surface area contributed by atoms with Gasteiger partial charge in [-0.2, -0.15) is 0 Å². The molecule has 1 fully saturated rings. The molecule has 8 heteroatoms. The number of ether oxygens (including phenoxy) is 1. The highest BCUT2D eigenvalue weighted by atomic mass is 35.5. The van der Waals surface area contributed by atoms with Gasteiger partial charge in [-0.15, -0.1) is 11.8 Å². The first kappa shape index (κ1) is 24.8. The van der Waals surface area contributed by atoms with Crippen LogP contribution in [-0.4, -0.2) is 41.6 Å². The Morgan fingerprint density at radius 2 is 1.77 bits per heavy atom. The Balaban J connectivity index is 1.41. The van der Waals surface area contributed by atoms with Crippen LogP contribution < -0.4 is 5.32 Å². The minimum atomic E-state index is -0.469. The zero-order valence-corrected chi connectivity index (χ0v) is 20.8. The molecule has 3 aromatic rings. The molecule has 1 aliphatic heterocycles. The van der Waals surface area contributed by atoms with Crippen molar-refractivity contribution >= 4 is 46.8 Å². The third-order valence-electron chi connectivity index (χ3n) is 5.64. The first-order valence-electron chi connectivity index (χ1n) is 11.3. The van der Waals surface area contributed by atoms with Gasteiger partial charge in [0.25, 0.3) is 5.91 Å². The van der Waals surface area contributed by atoms with Crippen LogP contribution in [0.15, 0.2) is 72.8 Å². The van der Waals surface area contributed by atoms with Gasteiger partial charge < -0.3 is 15.0 Å². The van der Waals surface area contributed by atoms with Gasteiger partial charge in [0.15, 0.2) is 0 Å². The zero-order valence-electron chi connectivity index (χ0n) is 19.2. The number of hydrogen-bond acceptors (Lipinski definition) is 5. The zero-order chi connectivity index (χ0) is 24.8. The number of rotatable bonds is 8. The number of anilines is 1. The van der Waals surface area contributed by atoms with E-state index < -0.39 is 5.97 Å². The summed E-state index contributed by atoms with van der Waals surface area (Å²) in [7, 11) is 0. The SMILES string of the molecule is CCOC(=O)c1ccc(NC(=O)c2ccc(C3SCC(=O)N3CCc3ccccc3)cc2)c(Cl)c1. The molecule has 0 aliphatic carbocycles. The largest absolute Gasteiger partial charge is 0.462 e. The Hall–Kier alpha value is -3.29. The van der Waals surface area contributed by atoms with Crippen molar-refractivity contribution in [2.24, 2.45) is 0 Å². The number of thioether (sulfide) groups is 1. The highest BCUT2D eigenvalue weighted by Crippen LogP contribution is 2.38. The van der Waals surface area contributed by atoms with Gasteiger partial charge in [0.2, 0.25) is 5.91 Å². The Morgan fingerprint density at radius 3 is 2.46 bits per heavy atom. The van der Waals surface area contributed by atoms with Crippen LogP contribution in [0.3, 0.4) is 0 Å². The molecule has 1 atom stereocenters. The number of nitrogens with one attached hydrogen (secondary N) is 1. The molecule has 2 amide bonds. The second-order valence-corrected chi connectivity index (χ2v) is 9.45. The fraction of sp³-hybridized carbons (Fsp3) is 0.222. The second kappa shape index (κ2) is 11.4. The Morgan fingerprint density at radius 1 is 1.06 bits per heavy atom. The number of carbonyl (C=O) groups is 3. The molecule has 0 radical (unpaired) electrons. The predicted molar refractivity (Wildman–Crippen MR) is 139 cm³/mol. The van der Waals surface area contributed by atoms with E-state index in [0.717, 1.165) is 12.0 Å². The fourth-order valence-corrected chi connectivity index (χ4v) is 5.26. The van der Waals surface area contributed by atoms with Crippen molar-refractivity contribution in [3.8, 4) is 0 Å². The Labute approximate surface area is 213 Å². The highest BCUT2D eigenvalue weighted by molar-refractivity contribution is 8.00. The van der Waals surface area contributed by atoms with Crippen LogP contribution in [-0.2, 0) is 16.0 Å². The number of esters is 1. The van der Waals surface area contributed by atoms with E-state index in [0.29, 0.717) is 29.1 Å². The molecule has 180 valence electrons. The third-order valence-corrected chi connectivity index (χ3v) is 7.21.